The summed E-state index contributed by atoms with van der Waals surface area (Å²) in [5.41, 5.74) is 3.60. The van der Waals surface area contributed by atoms with E-state index in [9.17, 15) is 0 Å². The van der Waals surface area contributed by atoms with Crippen LogP contribution in [-0.2, 0) is 24.3 Å². The first-order valence-electron chi connectivity index (χ1n) is 8.97. The maximum Gasteiger partial charge on any atom is 0.191 e. The third-order valence-electron chi connectivity index (χ3n) is 3.93. The number of guanidine groups is 1. The molecule has 0 atom stereocenters. The van der Waals surface area contributed by atoms with Crippen molar-refractivity contribution in [3.63, 3.8) is 0 Å². The zero-order valence-electron chi connectivity index (χ0n) is 16.3. The van der Waals surface area contributed by atoms with E-state index in [1.165, 1.54) is 11.1 Å². The van der Waals surface area contributed by atoms with E-state index in [1.807, 2.05) is 18.2 Å². The van der Waals surface area contributed by atoms with Gasteiger partial charge in [-0.25, -0.2) is 4.99 Å². The molecule has 0 amide bonds. The van der Waals surface area contributed by atoms with Gasteiger partial charge in [-0.15, -0.1) is 24.0 Å². The number of rotatable bonds is 9. The van der Waals surface area contributed by atoms with E-state index < -0.39 is 0 Å². The third kappa shape index (κ3) is 8.62. The van der Waals surface area contributed by atoms with Crippen LogP contribution in [0.4, 0.5) is 0 Å². The molecule has 0 aromatic heterocycles. The molecule has 0 fully saturated rings. The number of halogens is 1. The maximum absolute atomic E-state index is 5.19. The van der Waals surface area contributed by atoms with Crippen molar-refractivity contribution < 1.29 is 9.47 Å². The highest BCUT2D eigenvalue weighted by atomic mass is 127. The Labute approximate surface area is 179 Å². The van der Waals surface area contributed by atoms with Crippen molar-refractivity contribution in [1.82, 2.24) is 10.6 Å². The number of methoxy groups -OCH3 is 2. The Morgan fingerprint density at radius 3 is 2.37 bits per heavy atom. The maximum atomic E-state index is 5.19. The molecule has 0 aliphatic carbocycles. The normalized spacial score (nSPS) is 10.9. The van der Waals surface area contributed by atoms with Crippen LogP contribution in [0.25, 0.3) is 0 Å². The van der Waals surface area contributed by atoms with Crippen molar-refractivity contribution in [3.8, 4) is 5.75 Å². The molecular weight excluding hydrogens is 453 g/mol. The predicted molar refractivity (Wildman–Crippen MR) is 122 cm³/mol. The van der Waals surface area contributed by atoms with Crippen molar-refractivity contribution in [3.05, 3.63) is 65.2 Å². The van der Waals surface area contributed by atoms with Gasteiger partial charge in [0.15, 0.2) is 5.96 Å². The zero-order chi connectivity index (χ0) is 18.6. The number of hydrogen-bond donors (Lipinski definition) is 2. The summed E-state index contributed by atoms with van der Waals surface area (Å²) in [7, 11) is 3.39. The molecule has 2 rings (SSSR count). The highest BCUT2D eigenvalue weighted by molar-refractivity contribution is 14.0. The van der Waals surface area contributed by atoms with Gasteiger partial charge in [0.05, 0.1) is 20.3 Å². The minimum atomic E-state index is 0. The minimum absolute atomic E-state index is 0. The van der Waals surface area contributed by atoms with Crippen molar-refractivity contribution in [2.24, 2.45) is 4.99 Å². The van der Waals surface area contributed by atoms with Gasteiger partial charge in [0, 0.05) is 20.2 Å². The molecule has 2 N–H and O–H groups in total. The number of nitrogens with zero attached hydrogens (tertiary/aromatic N) is 1. The molecule has 6 heteroatoms. The van der Waals surface area contributed by atoms with Crippen molar-refractivity contribution >= 4 is 29.9 Å². The summed E-state index contributed by atoms with van der Waals surface area (Å²) in [6, 6.07) is 16.5. The quantitative estimate of drug-likeness (QED) is 0.324. The summed E-state index contributed by atoms with van der Waals surface area (Å²) in [6.45, 7) is 4.98. The van der Waals surface area contributed by atoms with Gasteiger partial charge in [0.2, 0.25) is 0 Å². The Morgan fingerprint density at radius 1 is 0.963 bits per heavy atom. The SMILES string of the molecule is CCNC(=NCc1cccc(COC)c1)NCCc1ccc(OC)cc1.I. The summed E-state index contributed by atoms with van der Waals surface area (Å²) in [4.78, 5) is 4.68. The van der Waals surface area contributed by atoms with Crippen molar-refractivity contribution in [1.29, 1.82) is 0 Å². The lowest BCUT2D eigenvalue weighted by Gasteiger charge is -2.12. The van der Waals surface area contributed by atoms with E-state index in [2.05, 4.69) is 52.9 Å². The second-order valence-corrected chi connectivity index (χ2v) is 5.97. The smallest absolute Gasteiger partial charge is 0.191 e. The molecule has 27 heavy (non-hydrogen) atoms. The van der Waals surface area contributed by atoms with Crippen LogP contribution >= 0.6 is 24.0 Å². The standard InChI is InChI=1S/C21H29N3O2.HI/c1-4-22-21(23-13-12-17-8-10-20(26-3)11-9-17)24-15-18-6-5-7-19(14-18)16-25-2;/h5-11,14H,4,12-13,15-16H2,1-3H3,(H2,22,23,24);1H. The van der Waals surface area contributed by atoms with Gasteiger partial charge < -0.3 is 20.1 Å². The number of benzene rings is 2. The summed E-state index contributed by atoms with van der Waals surface area (Å²) >= 11 is 0. The Hall–Kier alpha value is -1.80. The predicted octanol–water partition coefficient (Wildman–Crippen LogP) is 3.76. The molecule has 0 bridgehead atoms. The van der Waals surface area contributed by atoms with Crippen molar-refractivity contribution in [2.45, 2.75) is 26.5 Å². The average Bonchev–Trinajstić information content (AvgIpc) is 2.67. The van der Waals surface area contributed by atoms with Crippen LogP contribution in [0.5, 0.6) is 5.75 Å². The lowest BCUT2D eigenvalue weighted by atomic mass is 10.1. The molecule has 148 valence electrons. The summed E-state index contributed by atoms with van der Waals surface area (Å²) in [5.74, 6) is 1.71. The highest BCUT2D eigenvalue weighted by Gasteiger charge is 2.00. The van der Waals surface area contributed by atoms with Gasteiger partial charge in [-0.1, -0.05) is 36.4 Å². The van der Waals surface area contributed by atoms with E-state index in [4.69, 9.17) is 9.47 Å². The van der Waals surface area contributed by atoms with Crippen LogP contribution in [0, 0.1) is 0 Å². The molecule has 2 aromatic rings. The first-order chi connectivity index (χ1) is 12.7. The molecule has 0 saturated carbocycles. The second-order valence-electron chi connectivity index (χ2n) is 5.97. The Kier molecular flexibility index (Phi) is 11.5. The van der Waals surface area contributed by atoms with Crippen LogP contribution < -0.4 is 15.4 Å². The molecule has 0 spiro atoms. The molecule has 0 radical (unpaired) electrons. The molecule has 0 aliphatic heterocycles. The van der Waals surface area contributed by atoms with Gasteiger partial charge in [-0.2, -0.15) is 0 Å². The fourth-order valence-corrected chi connectivity index (χ4v) is 2.61. The van der Waals surface area contributed by atoms with Crippen LogP contribution in [0.3, 0.4) is 0 Å². The van der Waals surface area contributed by atoms with Crippen molar-refractivity contribution in [2.75, 3.05) is 27.3 Å². The van der Waals surface area contributed by atoms with Gasteiger partial charge in [0.1, 0.15) is 5.75 Å². The topological polar surface area (TPSA) is 54.9 Å². The molecule has 0 heterocycles. The van der Waals surface area contributed by atoms with Gasteiger partial charge in [-0.3, -0.25) is 0 Å². The fraction of sp³-hybridized carbons (Fsp3) is 0.381. The summed E-state index contributed by atoms with van der Waals surface area (Å²) in [6.07, 6.45) is 0.928. The first kappa shape index (κ1) is 23.2. The lowest BCUT2D eigenvalue weighted by Crippen LogP contribution is -2.38. The molecule has 0 saturated heterocycles. The molecule has 5 nitrogen and oxygen atoms in total. The second kappa shape index (κ2) is 13.4. The van der Waals surface area contributed by atoms with Gasteiger partial charge >= 0.3 is 0 Å². The number of aliphatic imine (C=N–C) groups is 1. The Bertz CT molecular complexity index is 690. The molecule has 0 aliphatic rings. The number of nitrogens with one attached hydrogen (secondary N) is 2. The van der Waals surface area contributed by atoms with Gasteiger partial charge in [0.25, 0.3) is 0 Å². The molecular formula is C21H30IN3O2. The number of ether oxygens (including phenoxy) is 2. The van der Waals surface area contributed by atoms with Gasteiger partial charge in [-0.05, 0) is 42.2 Å². The fourth-order valence-electron chi connectivity index (χ4n) is 2.61. The average molecular weight is 483 g/mol. The molecule has 2 aromatic carbocycles. The van der Waals surface area contributed by atoms with Crippen LogP contribution in [0.2, 0.25) is 0 Å². The van der Waals surface area contributed by atoms with Crippen LogP contribution in [-0.4, -0.2) is 33.3 Å². The van der Waals surface area contributed by atoms with Crippen LogP contribution in [0.15, 0.2) is 53.5 Å². The molecule has 0 unspecified atom stereocenters. The lowest BCUT2D eigenvalue weighted by molar-refractivity contribution is 0.185. The van der Waals surface area contributed by atoms with E-state index in [0.717, 1.165) is 36.8 Å². The van der Waals surface area contributed by atoms with E-state index in [0.29, 0.717) is 13.2 Å². The zero-order valence-corrected chi connectivity index (χ0v) is 18.7. The monoisotopic (exact) mass is 483 g/mol. The van der Waals surface area contributed by atoms with E-state index in [-0.39, 0.29) is 24.0 Å². The highest BCUT2D eigenvalue weighted by Crippen LogP contribution is 2.11. The summed E-state index contributed by atoms with van der Waals surface area (Å²) in [5, 5.41) is 6.68. The Balaban J connectivity index is 0.00000364. The summed E-state index contributed by atoms with van der Waals surface area (Å²) < 4.78 is 10.4. The van der Waals surface area contributed by atoms with E-state index >= 15 is 0 Å². The largest absolute Gasteiger partial charge is 0.497 e. The third-order valence-corrected chi connectivity index (χ3v) is 3.93. The minimum Gasteiger partial charge on any atom is -0.497 e. The Morgan fingerprint density at radius 2 is 1.70 bits per heavy atom. The number of hydrogen-bond acceptors (Lipinski definition) is 3. The van der Waals surface area contributed by atoms with Crippen LogP contribution in [0.1, 0.15) is 23.6 Å². The van der Waals surface area contributed by atoms with E-state index in [1.54, 1.807) is 14.2 Å². The first-order valence-corrected chi connectivity index (χ1v) is 8.97.